The summed E-state index contributed by atoms with van der Waals surface area (Å²) in [5.41, 5.74) is 0.148. The van der Waals surface area contributed by atoms with E-state index in [1.165, 1.54) is 18.1 Å². The molecule has 1 unspecified atom stereocenters. The molecule has 1 aliphatic rings. The van der Waals surface area contributed by atoms with E-state index in [1.54, 1.807) is 0 Å². The van der Waals surface area contributed by atoms with Gasteiger partial charge in [-0.2, -0.15) is 0 Å². The normalized spacial score (nSPS) is 19.1. The molecular weight excluding hydrogens is 268 g/mol. The second kappa shape index (κ2) is 6.49. The van der Waals surface area contributed by atoms with Crippen molar-refractivity contribution in [1.82, 2.24) is 10.1 Å². The van der Waals surface area contributed by atoms with Crippen LogP contribution < -0.4 is 0 Å². The highest BCUT2D eigenvalue weighted by Crippen LogP contribution is 2.15. The van der Waals surface area contributed by atoms with Gasteiger partial charge in [-0.15, -0.1) is 0 Å². The lowest BCUT2D eigenvalue weighted by molar-refractivity contribution is -0.139. The third-order valence-corrected chi connectivity index (χ3v) is 2.96. The molecule has 8 nitrogen and oxygen atoms in total. The summed E-state index contributed by atoms with van der Waals surface area (Å²) < 4.78 is 15.1. The minimum Gasteiger partial charge on any atom is -0.481 e. The summed E-state index contributed by atoms with van der Waals surface area (Å²) in [7, 11) is 1.51. The van der Waals surface area contributed by atoms with Gasteiger partial charge >= 0.3 is 5.97 Å². The van der Waals surface area contributed by atoms with Gasteiger partial charge in [-0.3, -0.25) is 9.59 Å². The molecule has 1 aromatic heterocycles. The van der Waals surface area contributed by atoms with E-state index in [2.05, 4.69) is 5.16 Å². The maximum absolute atomic E-state index is 12.3. The minimum atomic E-state index is -0.974. The summed E-state index contributed by atoms with van der Waals surface area (Å²) in [6, 6.07) is 1.01. The van der Waals surface area contributed by atoms with Crippen LogP contribution in [0.3, 0.4) is 0 Å². The molecule has 1 aromatic rings. The summed E-state index contributed by atoms with van der Waals surface area (Å²) in [6.07, 6.45) is -0.158. The van der Waals surface area contributed by atoms with Crippen molar-refractivity contribution in [3.8, 4) is 0 Å². The zero-order chi connectivity index (χ0) is 14.5. The van der Waals surface area contributed by atoms with Crippen molar-refractivity contribution in [2.45, 2.75) is 19.1 Å². The van der Waals surface area contributed by atoms with Crippen LogP contribution in [0.15, 0.2) is 10.6 Å². The van der Waals surface area contributed by atoms with Gasteiger partial charge in [0.05, 0.1) is 25.7 Å². The average molecular weight is 284 g/mol. The molecule has 1 saturated heterocycles. The first-order chi connectivity index (χ1) is 9.61. The minimum absolute atomic E-state index is 0.148. The first-order valence-electron chi connectivity index (χ1n) is 6.17. The number of carbonyl (C=O) groups excluding carboxylic acids is 1. The maximum atomic E-state index is 12.3. The monoisotopic (exact) mass is 284 g/mol. The molecule has 2 rings (SSSR count). The third-order valence-electron chi connectivity index (χ3n) is 2.96. The van der Waals surface area contributed by atoms with Crippen LogP contribution in [0, 0.1) is 0 Å². The second-order valence-electron chi connectivity index (χ2n) is 4.44. The summed E-state index contributed by atoms with van der Waals surface area (Å²) in [6.45, 7) is 1.15. The molecule has 110 valence electrons. The number of ether oxygens (including phenoxy) is 2. The van der Waals surface area contributed by atoms with Crippen molar-refractivity contribution in [1.29, 1.82) is 0 Å². The number of carboxylic acid groups (broad SMARTS) is 1. The van der Waals surface area contributed by atoms with E-state index in [-0.39, 0.29) is 31.2 Å². The number of methoxy groups -OCH3 is 1. The Labute approximate surface area is 115 Å². The van der Waals surface area contributed by atoms with E-state index in [0.29, 0.717) is 18.9 Å². The Hall–Kier alpha value is -1.93. The summed E-state index contributed by atoms with van der Waals surface area (Å²) >= 11 is 0. The van der Waals surface area contributed by atoms with Crippen LogP contribution in [-0.2, 0) is 20.9 Å². The van der Waals surface area contributed by atoms with Gasteiger partial charge in [-0.25, -0.2) is 0 Å². The standard InChI is InChI=1S/C12H16N2O6/c1-18-7-9-5-10(13-20-9)12(17)14-2-3-19-6-8(14)4-11(15)16/h5,8H,2-4,6-7H2,1H3,(H,15,16). The number of hydrogen-bond donors (Lipinski definition) is 1. The smallest absolute Gasteiger partial charge is 0.305 e. The molecular formula is C12H16N2O6. The number of amides is 1. The van der Waals surface area contributed by atoms with Gasteiger partial charge in [-0.1, -0.05) is 5.16 Å². The Morgan fingerprint density at radius 2 is 2.40 bits per heavy atom. The highest BCUT2D eigenvalue weighted by atomic mass is 16.5. The van der Waals surface area contributed by atoms with Crippen molar-refractivity contribution < 1.29 is 28.7 Å². The first-order valence-corrected chi connectivity index (χ1v) is 6.17. The van der Waals surface area contributed by atoms with E-state index < -0.39 is 12.0 Å². The predicted octanol–water partition coefficient (Wildman–Crippen LogP) is 0.137. The number of hydrogen-bond acceptors (Lipinski definition) is 6. The molecule has 8 heteroatoms. The van der Waals surface area contributed by atoms with Crippen molar-refractivity contribution in [2.24, 2.45) is 0 Å². The maximum Gasteiger partial charge on any atom is 0.305 e. The first kappa shape index (κ1) is 14.5. The lowest BCUT2D eigenvalue weighted by atomic mass is 10.1. The van der Waals surface area contributed by atoms with Gasteiger partial charge in [0.2, 0.25) is 0 Å². The number of nitrogens with zero attached hydrogens (tertiary/aromatic N) is 2. The molecule has 1 aliphatic heterocycles. The number of morpholine rings is 1. The fourth-order valence-corrected chi connectivity index (χ4v) is 2.06. The Morgan fingerprint density at radius 1 is 1.60 bits per heavy atom. The van der Waals surface area contributed by atoms with Gasteiger partial charge in [0.15, 0.2) is 11.5 Å². The van der Waals surface area contributed by atoms with Crippen molar-refractivity contribution >= 4 is 11.9 Å². The zero-order valence-corrected chi connectivity index (χ0v) is 11.1. The van der Waals surface area contributed by atoms with Crippen molar-refractivity contribution in [2.75, 3.05) is 26.9 Å². The van der Waals surface area contributed by atoms with Crippen LogP contribution in [0.25, 0.3) is 0 Å². The van der Waals surface area contributed by atoms with Crippen LogP contribution in [-0.4, -0.2) is 59.9 Å². The Balaban J connectivity index is 2.09. The van der Waals surface area contributed by atoms with E-state index >= 15 is 0 Å². The molecule has 0 aromatic carbocycles. The molecule has 1 fully saturated rings. The largest absolute Gasteiger partial charge is 0.481 e. The van der Waals surface area contributed by atoms with Gasteiger partial charge in [0.25, 0.3) is 5.91 Å². The van der Waals surface area contributed by atoms with E-state index in [4.69, 9.17) is 19.1 Å². The summed E-state index contributed by atoms with van der Waals surface area (Å²) in [5.74, 6) is -0.886. The van der Waals surface area contributed by atoms with E-state index in [0.717, 1.165) is 0 Å². The molecule has 2 heterocycles. The Bertz CT molecular complexity index is 486. The van der Waals surface area contributed by atoms with Crippen LogP contribution in [0.2, 0.25) is 0 Å². The number of aliphatic carboxylic acids is 1. The van der Waals surface area contributed by atoms with Gasteiger partial charge in [0.1, 0.15) is 6.61 Å². The fraction of sp³-hybridized carbons (Fsp3) is 0.583. The van der Waals surface area contributed by atoms with Crippen molar-refractivity contribution in [3.63, 3.8) is 0 Å². The van der Waals surface area contributed by atoms with Gasteiger partial charge in [-0.05, 0) is 0 Å². The number of carbonyl (C=O) groups is 2. The van der Waals surface area contributed by atoms with Crippen LogP contribution >= 0.6 is 0 Å². The lowest BCUT2D eigenvalue weighted by Gasteiger charge is -2.34. The molecule has 0 radical (unpaired) electrons. The van der Waals surface area contributed by atoms with Gasteiger partial charge in [0, 0.05) is 19.7 Å². The predicted molar refractivity (Wildman–Crippen MR) is 65.1 cm³/mol. The average Bonchev–Trinajstić information content (AvgIpc) is 2.87. The quantitative estimate of drug-likeness (QED) is 0.820. The highest BCUT2D eigenvalue weighted by Gasteiger charge is 2.31. The third kappa shape index (κ3) is 3.34. The van der Waals surface area contributed by atoms with Crippen LogP contribution in [0.4, 0.5) is 0 Å². The molecule has 0 saturated carbocycles. The molecule has 0 bridgehead atoms. The van der Waals surface area contributed by atoms with Crippen molar-refractivity contribution in [3.05, 3.63) is 17.5 Å². The molecule has 1 amide bonds. The number of aromatic nitrogens is 1. The highest BCUT2D eigenvalue weighted by molar-refractivity contribution is 5.92. The van der Waals surface area contributed by atoms with Gasteiger partial charge < -0.3 is 24.0 Å². The number of rotatable bonds is 5. The zero-order valence-electron chi connectivity index (χ0n) is 11.1. The Morgan fingerprint density at radius 3 is 3.10 bits per heavy atom. The SMILES string of the molecule is COCc1cc(C(=O)N2CCOCC2CC(=O)O)no1. The number of carboxylic acids is 1. The van der Waals surface area contributed by atoms with E-state index in [1.807, 2.05) is 0 Å². The molecule has 0 aliphatic carbocycles. The topological polar surface area (TPSA) is 102 Å². The molecule has 1 N–H and O–H groups in total. The second-order valence-corrected chi connectivity index (χ2v) is 4.44. The Kier molecular flexibility index (Phi) is 4.70. The summed E-state index contributed by atoms with van der Waals surface area (Å²) in [5, 5.41) is 12.6. The fourth-order valence-electron chi connectivity index (χ4n) is 2.06. The lowest BCUT2D eigenvalue weighted by Crippen LogP contribution is -2.49. The van der Waals surface area contributed by atoms with Crippen LogP contribution in [0.1, 0.15) is 22.7 Å². The van der Waals surface area contributed by atoms with E-state index in [9.17, 15) is 9.59 Å². The molecule has 20 heavy (non-hydrogen) atoms. The molecule has 0 spiro atoms. The van der Waals surface area contributed by atoms with Crippen LogP contribution in [0.5, 0.6) is 0 Å². The summed E-state index contributed by atoms with van der Waals surface area (Å²) in [4.78, 5) is 24.6. The molecule has 1 atom stereocenters.